The second-order valence-electron chi connectivity index (χ2n) is 17.5. The van der Waals surface area contributed by atoms with Crippen molar-refractivity contribution in [1.82, 2.24) is 4.90 Å². The van der Waals surface area contributed by atoms with Gasteiger partial charge in [0.25, 0.3) is 0 Å². The van der Waals surface area contributed by atoms with E-state index in [1.165, 1.54) is 193 Å². The van der Waals surface area contributed by atoms with Crippen LogP contribution in [0.1, 0.15) is 240 Å². The molecule has 1 aliphatic heterocycles. The maximum Gasteiger partial charge on any atom is 0.306 e. The number of carbonyl (C=O) groups excluding carboxylic acids is 2. The number of carbonyl (C=O) groups is 2. The highest BCUT2D eigenvalue weighted by atomic mass is 16.5. The summed E-state index contributed by atoms with van der Waals surface area (Å²) in [4.78, 5) is 27.7. The molecular weight excluding hydrogens is 683 g/mol. The van der Waals surface area contributed by atoms with Gasteiger partial charge in [-0.3, -0.25) is 14.5 Å². The summed E-state index contributed by atoms with van der Waals surface area (Å²) in [6, 6.07) is 0. The number of rotatable bonds is 41. The number of ether oxygens (including phenoxy) is 3. The van der Waals surface area contributed by atoms with E-state index < -0.39 is 0 Å². The lowest BCUT2D eigenvalue weighted by Crippen LogP contribution is -2.37. The smallest absolute Gasteiger partial charge is 0.306 e. The van der Waals surface area contributed by atoms with E-state index in [0.29, 0.717) is 37.9 Å². The average molecular weight is 778 g/mol. The third-order valence-corrected chi connectivity index (χ3v) is 12.3. The topological polar surface area (TPSA) is 65.1 Å². The summed E-state index contributed by atoms with van der Waals surface area (Å²) in [5.74, 6) is 1.93. The SMILES string of the molecule is CCCCCC(CCCCC)CC(=O)OCCCCCCCCCC(CCCCCCCOC(=O)CC(CCCCC)CCCCC)CCN1CCOCC1. The molecule has 0 bridgehead atoms. The van der Waals surface area contributed by atoms with E-state index in [2.05, 4.69) is 32.6 Å². The molecular formula is C49H95NO5. The summed E-state index contributed by atoms with van der Waals surface area (Å²) in [5, 5.41) is 0. The molecule has 0 aliphatic carbocycles. The van der Waals surface area contributed by atoms with Crippen LogP contribution in [0.25, 0.3) is 0 Å². The van der Waals surface area contributed by atoms with Gasteiger partial charge < -0.3 is 14.2 Å². The van der Waals surface area contributed by atoms with Crippen LogP contribution in [-0.2, 0) is 23.8 Å². The Kier molecular flexibility index (Phi) is 37.4. The van der Waals surface area contributed by atoms with E-state index in [1.807, 2.05) is 0 Å². The van der Waals surface area contributed by atoms with Gasteiger partial charge in [0.1, 0.15) is 0 Å². The van der Waals surface area contributed by atoms with Crippen molar-refractivity contribution in [2.24, 2.45) is 17.8 Å². The van der Waals surface area contributed by atoms with Crippen LogP contribution in [0.15, 0.2) is 0 Å². The molecule has 1 aliphatic rings. The summed E-state index contributed by atoms with van der Waals surface area (Å²) in [6.45, 7) is 15.4. The standard InChI is InChI=1S/C49H95NO5/c1-5-9-21-31-46(32-22-10-6-2)43-48(51)54-39-27-19-15-13-14-17-25-29-45(35-36-50-37-41-53-42-38-50)30-26-18-16-20-28-40-55-49(52)44-47(33-23-11-7-3)34-24-12-8-4/h45-47H,5-44H2,1-4H3. The monoisotopic (exact) mass is 778 g/mol. The zero-order valence-corrected chi connectivity index (χ0v) is 37.5. The quantitative estimate of drug-likeness (QED) is 0.0455. The van der Waals surface area contributed by atoms with E-state index in [4.69, 9.17) is 14.2 Å². The molecule has 1 rings (SSSR count). The van der Waals surface area contributed by atoms with Crippen LogP contribution in [0.5, 0.6) is 0 Å². The molecule has 0 aromatic rings. The first kappa shape index (κ1) is 51.9. The largest absolute Gasteiger partial charge is 0.466 e. The molecule has 0 spiro atoms. The van der Waals surface area contributed by atoms with Crippen molar-refractivity contribution in [2.75, 3.05) is 46.1 Å². The van der Waals surface area contributed by atoms with Crippen LogP contribution < -0.4 is 0 Å². The lowest BCUT2D eigenvalue weighted by Gasteiger charge is -2.28. The highest BCUT2D eigenvalue weighted by molar-refractivity contribution is 5.70. The minimum absolute atomic E-state index is 0.0356. The van der Waals surface area contributed by atoms with E-state index in [9.17, 15) is 9.59 Å². The predicted octanol–water partition coefficient (Wildman–Crippen LogP) is 14.2. The molecule has 1 atom stereocenters. The maximum absolute atomic E-state index is 12.6. The Morgan fingerprint density at radius 2 is 0.764 bits per heavy atom. The maximum atomic E-state index is 12.6. The van der Waals surface area contributed by atoms with Crippen LogP contribution in [0, 0.1) is 17.8 Å². The Labute approximate surface area is 343 Å². The van der Waals surface area contributed by atoms with Crippen LogP contribution in [0.4, 0.5) is 0 Å². The molecule has 0 N–H and O–H groups in total. The molecule has 6 nitrogen and oxygen atoms in total. The number of hydrogen-bond donors (Lipinski definition) is 0. The van der Waals surface area contributed by atoms with Gasteiger partial charge in [-0.1, -0.05) is 182 Å². The molecule has 0 saturated carbocycles. The molecule has 0 aromatic heterocycles. The van der Waals surface area contributed by atoms with Crippen molar-refractivity contribution < 1.29 is 23.8 Å². The highest BCUT2D eigenvalue weighted by Crippen LogP contribution is 2.25. The Morgan fingerprint density at radius 1 is 0.436 bits per heavy atom. The Bertz CT molecular complexity index is 810. The average Bonchev–Trinajstić information content (AvgIpc) is 3.18. The predicted molar refractivity (Wildman–Crippen MR) is 235 cm³/mol. The lowest BCUT2D eigenvalue weighted by atomic mass is 9.91. The first-order valence-electron chi connectivity index (χ1n) is 24.6. The molecule has 0 radical (unpaired) electrons. The molecule has 1 unspecified atom stereocenters. The lowest BCUT2D eigenvalue weighted by molar-refractivity contribution is -0.146. The van der Waals surface area contributed by atoms with Crippen LogP contribution in [0.2, 0.25) is 0 Å². The molecule has 6 heteroatoms. The van der Waals surface area contributed by atoms with Crippen LogP contribution in [0.3, 0.4) is 0 Å². The van der Waals surface area contributed by atoms with Crippen molar-refractivity contribution in [2.45, 2.75) is 240 Å². The van der Waals surface area contributed by atoms with Gasteiger partial charge in [-0.15, -0.1) is 0 Å². The first-order valence-corrected chi connectivity index (χ1v) is 24.6. The summed E-state index contributed by atoms with van der Waals surface area (Å²) in [6.07, 6.45) is 39.9. The highest BCUT2D eigenvalue weighted by Gasteiger charge is 2.17. The van der Waals surface area contributed by atoms with Gasteiger partial charge in [-0.2, -0.15) is 0 Å². The number of morpholine rings is 1. The summed E-state index contributed by atoms with van der Waals surface area (Å²) < 4.78 is 16.9. The van der Waals surface area contributed by atoms with Crippen molar-refractivity contribution in [3.8, 4) is 0 Å². The minimum atomic E-state index is 0.0356. The Morgan fingerprint density at radius 3 is 1.15 bits per heavy atom. The molecule has 0 amide bonds. The van der Waals surface area contributed by atoms with Crippen molar-refractivity contribution in [3.05, 3.63) is 0 Å². The molecule has 326 valence electrons. The van der Waals surface area contributed by atoms with Crippen molar-refractivity contribution in [1.29, 1.82) is 0 Å². The fraction of sp³-hybridized carbons (Fsp3) is 0.959. The molecule has 1 fully saturated rings. The van der Waals surface area contributed by atoms with E-state index in [-0.39, 0.29) is 11.9 Å². The first-order chi connectivity index (χ1) is 27.0. The van der Waals surface area contributed by atoms with Gasteiger partial charge in [-0.05, 0) is 69.2 Å². The van der Waals surface area contributed by atoms with Crippen molar-refractivity contribution >= 4 is 11.9 Å². The van der Waals surface area contributed by atoms with Gasteiger partial charge >= 0.3 is 11.9 Å². The van der Waals surface area contributed by atoms with Gasteiger partial charge in [-0.25, -0.2) is 0 Å². The second kappa shape index (κ2) is 39.7. The minimum Gasteiger partial charge on any atom is -0.466 e. The molecule has 0 aromatic carbocycles. The summed E-state index contributed by atoms with van der Waals surface area (Å²) in [5.41, 5.74) is 0. The van der Waals surface area contributed by atoms with Gasteiger partial charge in [0, 0.05) is 25.9 Å². The zero-order chi connectivity index (χ0) is 39.9. The number of esters is 2. The van der Waals surface area contributed by atoms with E-state index in [0.717, 1.165) is 45.1 Å². The van der Waals surface area contributed by atoms with Gasteiger partial charge in [0.15, 0.2) is 0 Å². The second-order valence-corrected chi connectivity index (χ2v) is 17.5. The van der Waals surface area contributed by atoms with Crippen LogP contribution in [-0.4, -0.2) is 62.9 Å². The molecule has 1 heterocycles. The molecule has 1 saturated heterocycles. The van der Waals surface area contributed by atoms with Crippen LogP contribution >= 0.6 is 0 Å². The number of hydrogen-bond acceptors (Lipinski definition) is 6. The third kappa shape index (κ3) is 33.5. The molecule has 55 heavy (non-hydrogen) atoms. The van der Waals surface area contributed by atoms with Gasteiger partial charge in [0.05, 0.1) is 26.4 Å². The zero-order valence-electron chi connectivity index (χ0n) is 37.5. The summed E-state index contributed by atoms with van der Waals surface area (Å²) >= 11 is 0. The fourth-order valence-corrected chi connectivity index (χ4v) is 8.50. The Hall–Kier alpha value is -1.14. The number of nitrogens with zero attached hydrogens (tertiary/aromatic N) is 1. The Balaban J connectivity index is 2.20. The van der Waals surface area contributed by atoms with Gasteiger partial charge in [0.2, 0.25) is 0 Å². The van der Waals surface area contributed by atoms with Crippen molar-refractivity contribution in [3.63, 3.8) is 0 Å². The normalized spacial score (nSPS) is 14.2. The summed E-state index contributed by atoms with van der Waals surface area (Å²) in [7, 11) is 0. The third-order valence-electron chi connectivity index (χ3n) is 12.3. The number of unbranched alkanes of at least 4 members (excludes halogenated alkanes) is 18. The van der Waals surface area contributed by atoms with E-state index >= 15 is 0 Å². The van der Waals surface area contributed by atoms with E-state index in [1.54, 1.807) is 0 Å². The fourth-order valence-electron chi connectivity index (χ4n) is 8.50.